The number of hydrogen-bond donors (Lipinski definition) is 1. The maximum absolute atomic E-state index is 13.3. The molecule has 0 aliphatic carbocycles. The maximum Gasteiger partial charge on any atom is 0.254 e. The van der Waals surface area contributed by atoms with Gasteiger partial charge in [0.05, 0.1) is 5.69 Å². The lowest BCUT2D eigenvalue weighted by atomic mass is 10.1. The molecule has 1 aromatic heterocycles. The van der Waals surface area contributed by atoms with Crippen LogP contribution in [0.25, 0.3) is 16.9 Å². The standard InChI is InChI=1S/C28H26ClFN4O2/c1-18(2)33(27(36)21-9-13-23(30)14-10-21)17-26(35)32-28-31-25(20-7-11-22(29)12-8-20)16-34(28)24-6-4-5-19(3)15-24/h4-16,18H,17H2,1-3H3,(H,31,32,35). The van der Waals surface area contributed by atoms with E-state index in [1.54, 1.807) is 16.7 Å². The van der Waals surface area contributed by atoms with Gasteiger partial charge in [0.25, 0.3) is 5.91 Å². The summed E-state index contributed by atoms with van der Waals surface area (Å²) < 4.78 is 15.1. The van der Waals surface area contributed by atoms with E-state index in [4.69, 9.17) is 11.6 Å². The Bertz CT molecular complexity index is 1380. The Morgan fingerprint density at radius 3 is 2.39 bits per heavy atom. The summed E-state index contributed by atoms with van der Waals surface area (Å²) in [6, 6.07) is 20.1. The molecule has 0 saturated carbocycles. The molecule has 0 aliphatic heterocycles. The third-order valence-electron chi connectivity index (χ3n) is 5.67. The number of carbonyl (C=O) groups is 2. The molecule has 8 heteroatoms. The molecular formula is C28H26ClFN4O2. The van der Waals surface area contributed by atoms with Crippen LogP contribution in [0.3, 0.4) is 0 Å². The van der Waals surface area contributed by atoms with E-state index < -0.39 is 11.7 Å². The highest BCUT2D eigenvalue weighted by atomic mass is 35.5. The van der Waals surface area contributed by atoms with Crippen LogP contribution in [-0.2, 0) is 4.79 Å². The minimum Gasteiger partial charge on any atom is -0.327 e. The highest BCUT2D eigenvalue weighted by Gasteiger charge is 2.23. The predicted molar refractivity (Wildman–Crippen MR) is 140 cm³/mol. The second-order valence-electron chi connectivity index (χ2n) is 8.75. The molecule has 4 rings (SSSR count). The number of halogens is 2. The second kappa shape index (κ2) is 10.7. The Kier molecular flexibility index (Phi) is 7.50. The Morgan fingerprint density at radius 2 is 1.75 bits per heavy atom. The smallest absolute Gasteiger partial charge is 0.254 e. The van der Waals surface area contributed by atoms with Crippen LogP contribution < -0.4 is 5.32 Å². The fourth-order valence-corrected chi connectivity index (χ4v) is 3.89. The van der Waals surface area contributed by atoms with Crippen molar-refractivity contribution in [3.8, 4) is 16.9 Å². The van der Waals surface area contributed by atoms with Crippen LogP contribution in [0.2, 0.25) is 5.02 Å². The van der Waals surface area contributed by atoms with Gasteiger partial charge in [0.2, 0.25) is 11.9 Å². The molecule has 3 aromatic carbocycles. The summed E-state index contributed by atoms with van der Waals surface area (Å²) in [7, 11) is 0. The summed E-state index contributed by atoms with van der Waals surface area (Å²) in [6.45, 7) is 5.44. The van der Waals surface area contributed by atoms with Gasteiger partial charge in [-0.3, -0.25) is 19.5 Å². The van der Waals surface area contributed by atoms with Gasteiger partial charge in [-0.1, -0.05) is 35.9 Å². The van der Waals surface area contributed by atoms with Crippen LogP contribution in [0.15, 0.2) is 79.0 Å². The Balaban J connectivity index is 1.62. The Labute approximate surface area is 214 Å². The fourth-order valence-electron chi connectivity index (χ4n) is 3.77. The Hall–Kier alpha value is -3.97. The van der Waals surface area contributed by atoms with Crippen LogP contribution in [0.4, 0.5) is 10.3 Å². The first-order chi connectivity index (χ1) is 17.2. The van der Waals surface area contributed by atoms with Gasteiger partial charge in [0.15, 0.2) is 0 Å². The lowest BCUT2D eigenvalue weighted by Gasteiger charge is -2.26. The first-order valence-corrected chi connectivity index (χ1v) is 11.9. The number of nitrogens with zero attached hydrogens (tertiary/aromatic N) is 3. The number of nitrogens with one attached hydrogen (secondary N) is 1. The van der Waals surface area contributed by atoms with Gasteiger partial charge in [-0.05, 0) is 74.9 Å². The van der Waals surface area contributed by atoms with Gasteiger partial charge in [0.1, 0.15) is 12.4 Å². The molecule has 0 radical (unpaired) electrons. The van der Waals surface area contributed by atoms with E-state index in [0.717, 1.165) is 16.8 Å². The molecule has 0 fully saturated rings. The minimum absolute atomic E-state index is 0.190. The molecule has 0 atom stereocenters. The number of aromatic nitrogens is 2. The summed E-state index contributed by atoms with van der Waals surface area (Å²) in [6.07, 6.45) is 1.84. The van der Waals surface area contributed by atoms with Crippen molar-refractivity contribution in [3.05, 3.63) is 101 Å². The van der Waals surface area contributed by atoms with Crippen molar-refractivity contribution in [2.75, 3.05) is 11.9 Å². The Morgan fingerprint density at radius 1 is 1.06 bits per heavy atom. The zero-order valence-corrected chi connectivity index (χ0v) is 21.0. The van der Waals surface area contributed by atoms with E-state index >= 15 is 0 Å². The topological polar surface area (TPSA) is 67.2 Å². The molecule has 2 amide bonds. The quantitative estimate of drug-likeness (QED) is 0.329. The van der Waals surface area contributed by atoms with Crippen molar-refractivity contribution in [1.29, 1.82) is 0 Å². The SMILES string of the molecule is Cc1cccc(-n2cc(-c3ccc(Cl)cc3)nc2NC(=O)CN(C(=O)c2ccc(F)cc2)C(C)C)c1. The lowest BCUT2D eigenvalue weighted by Crippen LogP contribution is -2.42. The molecule has 184 valence electrons. The molecule has 0 aliphatic rings. The molecule has 0 saturated heterocycles. The number of amides is 2. The largest absolute Gasteiger partial charge is 0.327 e. The molecule has 6 nitrogen and oxygen atoms in total. The molecule has 4 aromatic rings. The lowest BCUT2D eigenvalue weighted by molar-refractivity contribution is -0.117. The molecule has 0 bridgehead atoms. The third kappa shape index (κ3) is 5.80. The second-order valence-corrected chi connectivity index (χ2v) is 9.18. The van der Waals surface area contributed by atoms with Gasteiger partial charge >= 0.3 is 0 Å². The third-order valence-corrected chi connectivity index (χ3v) is 5.92. The minimum atomic E-state index is -0.431. The van der Waals surface area contributed by atoms with Gasteiger partial charge in [-0.2, -0.15) is 0 Å². The van der Waals surface area contributed by atoms with Crippen LogP contribution in [0.1, 0.15) is 29.8 Å². The van der Waals surface area contributed by atoms with E-state index in [2.05, 4.69) is 10.3 Å². The number of imidazole rings is 1. The number of anilines is 1. The highest BCUT2D eigenvalue weighted by Crippen LogP contribution is 2.26. The van der Waals surface area contributed by atoms with E-state index in [1.165, 1.54) is 29.2 Å². The summed E-state index contributed by atoms with van der Waals surface area (Å²) in [4.78, 5) is 32.2. The van der Waals surface area contributed by atoms with E-state index in [0.29, 0.717) is 22.2 Å². The number of carbonyl (C=O) groups excluding carboxylic acids is 2. The van der Waals surface area contributed by atoms with Gasteiger partial charge in [-0.25, -0.2) is 9.37 Å². The maximum atomic E-state index is 13.3. The van der Waals surface area contributed by atoms with Crippen LogP contribution >= 0.6 is 11.6 Å². The van der Waals surface area contributed by atoms with Crippen molar-refractivity contribution in [2.45, 2.75) is 26.8 Å². The molecule has 36 heavy (non-hydrogen) atoms. The van der Waals surface area contributed by atoms with Crippen molar-refractivity contribution >= 4 is 29.4 Å². The first kappa shape index (κ1) is 25.1. The zero-order valence-electron chi connectivity index (χ0n) is 20.2. The molecule has 1 heterocycles. The monoisotopic (exact) mass is 504 g/mol. The van der Waals surface area contributed by atoms with Crippen molar-refractivity contribution in [1.82, 2.24) is 14.5 Å². The van der Waals surface area contributed by atoms with Gasteiger partial charge in [0, 0.05) is 34.1 Å². The molecule has 0 spiro atoms. The van der Waals surface area contributed by atoms with E-state index in [9.17, 15) is 14.0 Å². The number of aryl methyl sites for hydroxylation is 1. The van der Waals surface area contributed by atoms with Crippen molar-refractivity contribution < 1.29 is 14.0 Å². The first-order valence-electron chi connectivity index (χ1n) is 11.5. The number of hydrogen-bond acceptors (Lipinski definition) is 3. The molecule has 1 N–H and O–H groups in total. The average molecular weight is 505 g/mol. The van der Waals surface area contributed by atoms with Crippen LogP contribution in [0.5, 0.6) is 0 Å². The van der Waals surface area contributed by atoms with Crippen LogP contribution in [-0.4, -0.2) is 38.9 Å². The number of rotatable bonds is 7. The fraction of sp³-hybridized carbons (Fsp3) is 0.179. The summed E-state index contributed by atoms with van der Waals surface area (Å²) in [5.41, 5.74) is 3.70. The summed E-state index contributed by atoms with van der Waals surface area (Å²) >= 11 is 6.04. The van der Waals surface area contributed by atoms with Gasteiger partial charge in [-0.15, -0.1) is 0 Å². The normalized spacial score (nSPS) is 10.9. The number of benzene rings is 3. The zero-order chi connectivity index (χ0) is 25.8. The van der Waals surface area contributed by atoms with Gasteiger partial charge < -0.3 is 4.90 Å². The van der Waals surface area contributed by atoms with E-state index in [1.807, 2.05) is 63.4 Å². The molecule has 0 unspecified atom stereocenters. The predicted octanol–water partition coefficient (Wildman–Crippen LogP) is 6.13. The van der Waals surface area contributed by atoms with Crippen molar-refractivity contribution in [3.63, 3.8) is 0 Å². The van der Waals surface area contributed by atoms with E-state index in [-0.39, 0.29) is 18.5 Å². The summed E-state index contributed by atoms with van der Waals surface area (Å²) in [5, 5.41) is 3.48. The van der Waals surface area contributed by atoms with Crippen LogP contribution in [0, 0.1) is 12.7 Å². The summed E-state index contributed by atoms with van der Waals surface area (Å²) in [5.74, 6) is -0.862. The molecular weight excluding hydrogens is 479 g/mol. The highest BCUT2D eigenvalue weighted by molar-refractivity contribution is 6.30. The average Bonchev–Trinajstić information content (AvgIpc) is 3.26. The van der Waals surface area contributed by atoms with Crippen molar-refractivity contribution in [2.24, 2.45) is 0 Å².